The summed E-state index contributed by atoms with van der Waals surface area (Å²) in [7, 11) is 0. The molecule has 0 spiro atoms. The van der Waals surface area contributed by atoms with Crippen LogP contribution < -0.4 is 10.6 Å². The minimum absolute atomic E-state index is 0.0829. The second kappa shape index (κ2) is 8.15. The normalized spacial score (nSPS) is 11.1. The van der Waals surface area contributed by atoms with Crippen LogP contribution in [-0.2, 0) is 11.2 Å². The third kappa shape index (κ3) is 3.67. The predicted molar refractivity (Wildman–Crippen MR) is 128 cm³/mol. The lowest BCUT2D eigenvalue weighted by Crippen LogP contribution is -2.15. The highest BCUT2D eigenvalue weighted by molar-refractivity contribution is 6.01. The topological polar surface area (TPSA) is 71.3 Å². The lowest BCUT2D eigenvalue weighted by molar-refractivity contribution is -0.115. The molecule has 0 unspecified atom stereocenters. The third-order valence-electron chi connectivity index (χ3n) is 5.59. The maximum Gasteiger partial charge on any atom is 0.228 e. The first kappa shape index (κ1) is 19.8. The molecule has 6 heteroatoms. The van der Waals surface area contributed by atoms with Crippen LogP contribution in [0.25, 0.3) is 16.6 Å². The Kier molecular flexibility index (Phi) is 5.03. The van der Waals surface area contributed by atoms with Gasteiger partial charge in [-0.2, -0.15) is 0 Å². The maximum absolute atomic E-state index is 12.7. The molecule has 2 aromatic heterocycles. The van der Waals surface area contributed by atoms with Gasteiger partial charge in [-0.25, -0.2) is 9.97 Å². The van der Waals surface area contributed by atoms with Crippen LogP contribution >= 0.6 is 0 Å². The van der Waals surface area contributed by atoms with Gasteiger partial charge in [0.25, 0.3) is 0 Å². The molecule has 0 radical (unpaired) electrons. The summed E-state index contributed by atoms with van der Waals surface area (Å²) in [5.74, 6) is 0.609. The monoisotopic (exact) mass is 421 g/mol. The fourth-order valence-electron chi connectivity index (χ4n) is 3.97. The molecule has 5 rings (SSSR count). The highest BCUT2D eigenvalue weighted by atomic mass is 16.1. The van der Waals surface area contributed by atoms with Crippen molar-refractivity contribution in [1.82, 2.24) is 14.4 Å². The molecule has 5 aromatic rings. The zero-order valence-corrected chi connectivity index (χ0v) is 18.0. The molecule has 1 amide bonds. The SMILES string of the molecule is Cc1cccc(C)c1Nc1nc2c(NC(=O)Cc3ccccc3)cccc2n2cncc12. The Morgan fingerprint density at radius 1 is 0.906 bits per heavy atom. The Labute approximate surface area is 186 Å². The number of anilines is 3. The molecule has 0 bridgehead atoms. The fourth-order valence-corrected chi connectivity index (χ4v) is 3.97. The number of nitrogens with zero attached hydrogens (tertiary/aromatic N) is 3. The van der Waals surface area contributed by atoms with Gasteiger partial charge in [-0.1, -0.05) is 54.6 Å². The van der Waals surface area contributed by atoms with Crippen LogP contribution in [0.4, 0.5) is 17.2 Å². The number of aryl methyl sites for hydroxylation is 2. The summed E-state index contributed by atoms with van der Waals surface area (Å²) in [6.07, 6.45) is 3.87. The molecule has 0 atom stereocenters. The van der Waals surface area contributed by atoms with Crippen molar-refractivity contribution in [3.05, 3.63) is 95.9 Å². The van der Waals surface area contributed by atoms with Gasteiger partial charge >= 0.3 is 0 Å². The molecule has 6 nitrogen and oxygen atoms in total. The van der Waals surface area contributed by atoms with Gasteiger partial charge in [0, 0.05) is 5.69 Å². The average Bonchev–Trinajstić information content (AvgIpc) is 3.28. The van der Waals surface area contributed by atoms with Gasteiger partial charge in [-0.3, -0.25) is 9.20 Å². The molecule has 3 aromatic carbocycles. The molecule has 0 saturated carbocycles. The second-order valence-electron chi connectivity index (χ2n) is 7.88. The Hall–Kier alpha value is -4.19. The number of imidazole rings is 1. The van der Waals surface area contributed by atoms with Crippen LogP contribution in [0.3, 0.4) is 0 Å². The zero-order chi connectivity index (χ0) is 22.1. The van der Waals surface area contributed by atoms with Crippen LogP contribution in [0.1, 0.15) is 16.7 Å². The van der Waals surface area contributed by atoms with E-state index >= 15 is 0 Å². The number of rotatable bonds is 5. The number of benzene rings is 3. The Morgan fingerprint density at radius 3 is 2.44 bits per heavy atom. The first-order valence-electron chi connectivity index (χ1n) is 10.5. The average molecular weight is 422 g/mol. The summed E-state index contributed by atoms with van der Waals surface area (Å²) in [6.45, 7) is 4.14. The molecule has 158 valence electrons. The van der Waals surface area contributed by atoms with Gasteiger partial charge < -0.3 is 10.6 Å². The summed E-state index contributed by atoms with van der Waals surface area (Å²) in [6, 6.07) is 21.7. The van der Waals surface area contributed by atoms with Gasteiger partial charge in [-0.05, 0) is 42.7 Å². The number of carbonyl (C=O) groups is 1. The van der Waals surface area contributed by atoms with Crippen molar-refractivity contribution in [1.29, 1.82) is 0 Å². The molecule has 0 saturated heterocycles. The molecular weight excluding hydrogens is 398 g/mol. The van der Waals surface area contributed by atoms with Crippen LogP contribution in [0.5, 0.6) is 0 Å². The van der Waals surface area contributed by atoms with Crippen LogP contribution in [0.15, 0.2) is 79.3 Å². The van der Waals surface area contributed by atoms with Gasteiger partial charge in [-0.15, -0.1) is 0 Å². The van der Waals surface area contributed by atoms with Gasteiger partial charge in [0.2, 0.25) is 5.91 Å². The number of nitrogens with one attached hydrogen (secondary N) is 2. The van der Waals surface area contributed by atoms with E-state index in [1.165, 1.54) is 0 Å². The molecule has 0 aliphatic carbocycles. The molecule has 2 heterocycles. The highest BCUT2D eigenvalue weighted by Gasteiger charge is 2.15. The van der Waals surface area contributed by atoms with E-state index in [0.29, 0.717) is 23.4 Å². The number of hydrogen-bond acceptors (Lipinski definition) is 4. The number of hydrogen-bond donors (Lipinski definition) is 2. The summed E-state index contributed by atoms with van der Waals surface area (Å²) in [5, 5.41) is 6.54. The van der Waals surface area contributed by atoms with Gasteiger partial charge in [0.1, 0.15) is 11.0 Å². The van der Waals surface area contributed by atoms with E-state index in [4.69, 9.17) is 4.98 Å². The molecule has 2 N–H and O–H groups in total. The Bertz CT molecular complexity index is 1420. The lowest BCUT2D eigenvalue weighted by Gasteiger charge is -2.15. The minimum atomic E-state index is -0.0829. The van der Waals surface area contributed by atoms with Crippen molar-refractivity contribution in [2.45, 2.75) is 20.3 Å². The van der Waals surface area contributed by atoms with Crippen molar-refractivity contribution in [2.75, 3.05) is 10.6 Å². The highest BCUT2D eigenvalue weighted by Crippen LogP contribution is 2.30. The van der Waals surface area contributed by atoms with Crippen molar-refractivity contribution >= 4 is 39.6 Å². The van der Waals surface area contributed by atoms with Crippen molar-refractivity contribution in [3.63, 3.8) is 0 Å². The first-order valence-corrected chi connectivity index (χ1v) is 10.5. The molecule has 0 aliphatic rings. The van der Waals surface area contributed by atoms with Gasteiger partial charge in [0.15, 0.2) is 5.82 Å². The Morgan fingerprint density at radius 2 is 1.66 bits per heavy atom. The smallest absolute Gasteiger partial charge is 0.228 e. The number of para-hydroxylation sites is 2. The quantitative estimate of drug-likeness (QED) is 0.397. The molecule has 0 aliphatic heterocycles. The molecular formula is C26H23N5O. The summed E-state index contributed by atoms with van der Waals surface area (Å²) in [4.78, 5) is 22.0. The van der Waals surface area contributed by atoms with Crippen molar-refractivity contribution in [2.24, 2.45) is 0 Å². The van der Waals surface area contributed by atoms with E-state index in [1.54, 1.807) is 12.5 Å². The predicted octanol–water partition coefficient (Wildman–Crippen LogP) is 5.42. The first-order chi connectivity index (χ1) is 15.6. The van der Waals surface area contributed by atoms with E-state index in [1.807, 2.05) is 59.0 Å². The molecule has 32 heavy (non-hydrogen) atoms. The van der Waals surface area contributed by atoms with E-state index in [2.05, 4.69) is 41.6 Å². The van der Waals surface area contributed by atoms with Crippen molar-refractivity contribution < 1.29 is 4.79 Å². The number of amides is 1. The van der Waals surface area contributed by atoms with E-state index in [-0.39, 0.29) is 5.91 Å². The number of aromatic nitrogens is 3. The summed E-state index contributed by atoms with van der Waals surface area (Å²) >= 11 is 0. The second-order valence-corrected chi connectivity index (χ2v) is 7.88. The number of carbonyl (C=O) groups excluding carboxylic acids is 1. The zero-order valence-electron chi connectivity index (χ0n) is 18.0. The van der Waals surface area contributed by atoms with E-state index in [0.717, 1.165) is 33.4 Å². The minimum Gasteiger partial charge on any atom is -0.338 e. The van der Waals surface area contributed by atoms with Crippen LogP contribution in [0, 0.1) is 13.8 Å². The van der Waals surface area contributed by atoms with Crippen LogP contribution in [0.2, 0.25) is 0 Å². The summed E-state index contributed by atoms with van der Waals surface area (Å²) < 4.78 is 1.99. The van der Waals surface area contributed by atoms with E-state index < -0.39 is 0 Å². The standard InChI is InChI=1S/C26H23N5O/c1-17-8-6-9-18(2)24(17)29-26-22-15-27-16-31(22)21-13-7-12-20(25(21)30-26)28-23(32)14-19-10-4-3-5-11-19/h3-13,15-16H,14H2,1-2H3,(H,28,32)(H,29,30). The lowest BCUT2D eigenvalue weighted by atomic mass is 10.1. The van der Waals surface area contributed by atoms with Crippen LogP contribution in [-0.4, -0.2) is 20.3 Å². The molecule has 0 fully saturated rings. The Balaban J connectivity index is 1.57. The van der Waals surface area contributed by atoms with Crippen molar-refractivity contribution in [3.8, 4) is 0 Å². The maximum atomic E-state index is 12.7. The largest absolute Gasteiger partial charge is 0.338 e. The summed E-state index contributed by atoms with van der Waals surface area (Å²) in [5.41, 5.74) is 7.37. The van der Waals surface area contributed by atoms with E-state index in [9.17, 15) is 4.79 Å². The van der Waals surface area contributed by atoms with Gasteiger partial charge in [0.05, 0.1) is 30.1 Å². The number of fused-ring (bicyclic) bond motifs is 3. The fraction of sp³-hybridized carbons (Fsp3) is 0.115. The third-order valence-corrected chi connectivity index (χ3v) is 5.59.